The molecule has 7 nitrogen and oxygen atoms in total. The van der Waals surface area contributed by atoms with Crippen molar-refractivity contribution in [3.8, 4) is 0 Å². The lowest BCUT2D eigenvalue weighted by Crippen LogP contribution is -2.39. The molecule has 0 spiro atoms. The number of nitrogens with zero attached hydrogens (tertiary/aromatic N) is 2. The van der Waals surface area contributed by atoms with Crippen LogP contribution in [0.15, 0.2) is 18.2 Å². The topological polar surface area (TPSA) is 92.6 Å². The van der Waals surface area contributed by atoms with Crippen molar-refractivity contribution in [1.82, 2.24) is 5.32 Å². The summed E-state index contributed by atoms with van der Waals surface area (Å²) in [5, 5.41) is 13.7. The molecule has 1 atom stereocenters. The molecule has 0 radical (unpaired) electrons. The molecule has 21 heavy (non-hydrogen) atoms. The SMILES string of the molecule is CNC(=O)c1ccc(N2CCC(=O)C(C)C2)c([N+](=O)[O-])c1. The van der Waals surface area contributed by atoms with Gasteiger partial charge >= 0.3 is 0 Å². The molecule has 0 saturated carbocycles. The Hall–Kier alpha value is -2.44. The number of nitrogens with one attached hydrogen (secondary N) is 1. The smallest absolute Gasteiger partial charge is 0.293 e. The van der Waals surface area contributed by atoms with E-state index in [1.54, 1.807) is 12.1 Å². The predicted octanol–water partition coefficient (Wildman–Crippen LogP) is 1.37. The molecule has 1 saturated heterocycles. The highest BCUT2D eigenvalue weighted by Gasteiger charge is 2.28. The third kappa shape index (κ3) is 3.01. The van der Waals surface area contributed by atoms with Gasteiger partial charge in [0.15, 0.2) is 0 Å². The van der Waals surface area contributed by atoms with Crippen molar-refractivity contribution in [1.29, 1.82) is 0 Å². The van der Waals surface area contributed by atoms with Gasteiger partial charge in [0.25, 0.3) is 11.6 Å². The van der Waals surface area contributed by atoms with Gasteiger partial charge in [0.05, 0.1) is 4.92 Å². The molecule has 1 N–H and O–H groups in total. The number of Topliss-reactive ketones (excluding diaryl/α,β-unsaturated/α-hetero) is 1. The number of carbonyl (C=O) groups excluding carboxylic acids is 2. The van der Waals surface area contributed by atoms with E-state index in [0.717, 1.165) is 0 Å². The fraction of sp³-hybridized carbons (Fsp3) is 0.429. The van der Waals surface area contributed by atoms with E-state index in [1.807, 2.05) is 11.8 Å². The van der Waals surface area contributed by atoms with Crippen LogP contribution in [0, 0.1) is 16.0 Å². The second-order valence-electron chi connectivity index (χ2n) is 5.10. The molecule has 1 fully saturated rings. The Morgan fingerprint density at radius 2 is 2.19 bits per heavy atom. The molecule has 1 aromatic carbocycles. The highest BCUT2D eigenvalue weighted by atomic mass is 16.6. The molecule has 1 aliphatic rings. The van der Waals surface area contributed by atoms with E-state index in [-0.39, 0.29) is 28.9 Å². The average molecular weight is 291 g/mol. The summed E-state index contributed by atoms with van der Waals surface area (Å²) >= 11 is 0. The second-order valence-corrected chi connectivity index (χ2v) is 5.10. The number of nitro benzene ring substituents is 1. The zero-order chi connectivity index (χ0) is 15.6. The van der Waals surface area contributed by atoms with Gasteiger partial charge in [-0.25, -0.2) is 0 Å². The van der Waals surface area contributed by atoms with Gasteiger partial charge in [0.2, 0.25) is 0 Å². The van der Waals surface area contributed by atoms with Gasteiger partial charge in [0, 0.05) is 44.1 Å². The molecule has 1 heterocycles. The van der Waals surface area contributed by atoms with Gasteiger partial charge in [-0.15, -0.1) is 0 Å². The minimum atomic E-state index is -0.497. The lowest BCUT2D eigenvalue weighted by atomic mass is 9.97. The van der Waals surface area contributed by atoms with E-state index in [9.17, 15) is 19.7 Å². The highest BCUT2D eigenvalue weighted by molar-refractivity contribution is 5.95. The Morgan fingerprint density at radius 3 is 2.76 bits per heavy atom. The van der Waals surface area contributed by atoms with Crippen LogP contribution in [0.25, 0.3) is 0 Å². The molecule has 112 valence electrons. The Kier molecular flexibility index (Phi) is 4.21. The maximum absolute atomic E-state index is 11.6. The first-order chi connectivity index (χ1) is 9.93. The minimum Gasteiger partial charge on any atom is -0.365 e. The van der Waals surface area contributed by atoms with E-state index < -0.39 is 4.92 Å². The number of amides is 1. The molecule has 0 aromatic heterocycles. The maximum Gasteiger partial charge on any atom is 0.293 e. The first kappa shape index (κ1) is 15.0. The third-order valence-corrected chi connectivity index (χ3v) is 3.67. The van der Waals surface area contributed by atoms with E-state index in [1.165, 1.54) is 13.1 Å². The van der Waals surface area contributed by atoms with Crippen molar-refractivity contribution >= 4 is 23.1 Å². The van der Waals surface area contributed by atoms with Crippen LogP contribution in [0.1, 0.15) is 23.7 Å². The number of benzene rings is 1. The Morgan fingerprint density at radius 1 is 1.48 bits per heavy atom. The predicted molar refractivity (Wildman–Crippen MR) is 77.5 cm³/mol. The number of hydrogen-bond donors (Lipinski definition) is 1. The van der Waals surface area contributed by atoms with Crippen molar-refractivity contribution < 1.29 is 14.5 Å². The lowest BCUT2D eigenvalue weighted by molar-refractivity contribution is -0.384. The quantitative estimate of drug-likeness (QED) is 0.670. The van der Waals surface area contributed by atoms with Crippen molar-refractivity contribution in [2.45, 2.75) is 13.3 Å². The highest BCUT2D eigenvalue weighted by Crippen LogP contribution is 2.31. The minimum absolute atomic E-state index is 0.113. The molecule has 0 bridgehead atoms. The number of piperidine rings is 1. The number of nitro groups is 1. The standard InChI is InChI=1S/C14H17N3O4/c1-9-8-16(6-5-13(9)18)11-4-3-10(14(19)15-2)7-12(11)17(20)21/h3-4,7,9H,5-6,8H2,1-2H3,(H,15,19). The van der Waals surface area contributed by atoms with Gasteiger partial charge in [-0.2, -0.15) is 0 Å². The normalized spacial score (nSPS) is 18.5. The van der Waals surface area contributed by atoms with E-state index in [4.69, 9.17) is 0 Å². The summed E-state index contributed by atoms with van der Waals surface area (Å²) in [6.45, 7) is 2.74. The summed E-state index contributed by atoms with van der Waals surface area (Å²) < 4.78 is 0. The number of rotatable bonds is 3. The van der Waals surface area contributed by atoms with Crippen LogP contribution < -0.4 is 10.2 Å². The molecule has 1 aliphatic heterocycles. The molecule has 7 heteroatoms. The zero-order valence-electron chi connectivity index (χ0n) is 12.0. The molecule has 0 aliphatic carbocycles. The van der Waals surface area contributed by atoms with Crippen molar-refractivity contribution in [3.05, 3.63) is 33.9 Å². The average Bonchev–Trinajstić information content (AvgIpc) is 2.48. The number of carbonyl (C=O) groups is 2. The lowest BCUT2D eigenvalue weighted by Gasteiger charge is -2.31. The molecule has 2 rings (SSSR count). The van der Waals surface area contributed by atoms with E-state index in [0.29, 0.717) is 25.2 Å². The first-order valence-electron chi connectivity index (χ1n) is 6.72. The summed E-state index contributed by atoms with van der Waals surface area (Å²) in [6, 6.07) is 4.41. The maximum atomic E-state index is 11.6. The fourth-order valence-corrected chi connectivity index (χ4v) is 2.46. The Bertz CT molecular complexity index is 600. The van der Waals surface area contributed by atoms with Gasteiger partial charge in [-0.1, -0.05) is 6.92 Å². The van der Waals surface area contributed by atoms with Gasteiger partial charge in [-0.05, 0) is 12.1 Å². The van der Waals surface area contributed by atoms with Crippen LogP contribution >= 0.6 is 0 Å². The Labute approximate surface area is 122 Å². The van der Waals surface area contributed by atoms with Crippen molar-refractivity contribution in [2.24, 2.45) is 5.92 Å². The number of anilines is 1. The largest absolute Gasteiger partial charge is 0.365 e. The van der Waals surface area contributed by atoms with E-state index >= 15 is 0 Å². The van der Waals surface area contributed by atoms with Gasteiger partial charge < -0.3 is 10.2 Å². The zero-order valence-corrected chi connectivity index (χ0v) is 12.0. The molecule has 1 unspecified atom stereocenters. The van der Waals surface area contributed by atoms with Crippen molar-refractivity contribution in [2.75, 3.05) is 25.0 Å². The molecular formula is C14H17N3O4. The first-order valence-corrected chi connectivity index (χ1v) is 6.72. The summed E-state index contributed by atoms with van der Waals surface area (Å²) in [7, 11) is 1.47. The summed E-state index contributed by atoms with van der Waals surface area (Å²) in [4.78, 5) is 35.7. The second kappa shape index (κ2) is 5.90. The summed E-state index contributed by atoms with van der Waals surface area (Å²) in [5.41, 5.74) is 0.582. The summed E-state index contributed by atoms with van der Waals surface area (Å²) in [5.74, 6) is -0.334. The molecule has 1 amide bonds. The number of ketones is 1. The van der Waals surface area contributed by atoms with Gasteiger partial charge in [0.1, 0.15) is 11.5 Å². The van der Waals surface area contributed by atoms with Crippen molar-refractivity contribution in [3.63, 3.8) is 0 Å². The molecule has 1 aromatic rings. The number of hydrogen-bond acceptors (Lipinski definition) is 5. The third-order valence-electron chi connectivity index (χ3n) is 3.67. The Balaban J connectivity index is 2.37. The fourth-order valence-electron chi connectivity index (χ4n) is 2.46. The van der Waals surface area contributed by atoms with Crippen LogP contribution in [-0.2, 0) is 4.79 Å². The monoisotopic (exact) mass is 291 g/mol. The van der Waals surface area contributed by atoms with Crippen LogP contribution in [0.5, 0.6) is 0 Å². The van der Waals surface area contributed by atoms with Crippen LogP contribution in [-0.4, -0.2) is 36.8 Å². The van der Waals surface area contributed by atoms with Crippen LogP contribution in [0.3, 0.4) is 0 Å². The molecular weight excluding hydrogens is 274 g/mol. The van der Waals surface area contributed by atoms with Crippen LogP contribution in [0.4, 0.5) is 11.4 Å². The van der Waals surface area contributed by atoms with Crippen LogP contribution in [0.2, 0.25) is 0 Å². The van der Waals surface area contributed by atoms with Gasteiger partial charge in [-0.3, -0.25) is 19.7 Å². The summed E-state index contributed by atoms with van der Waals surface area (Å²) in [6.07, 6.45) is 0.384. The van der Waals surface area contributed by atoms with E-state index in [2.05, 4.69) is 5.32 Å².